The van der Waals surface area contributed by atoms with Crippen LogP contribution in [-0.2, 0) is 11.3 Å². The van der Waals surface area contributed by atoms with Crippen molar-refractivity contribution in [1.29, 1.82) is 0 Å². The van der Waals surface area contributed by atoms with Gasteiger partial charge in [-0.2, -0.15) is 8.78 Å². The number of carbonyl (C=O) groups is 1. The van der Waals surface area contributed by atoms with Crippen LogP contribution in [-0.4, -0.2) is 74.7 Å². The molecule has 0 bridgehead atoms. The molecule has 1 spiro atoms. The highest BCUT2D eigenvalue weighted by Gasteiger charge is 2.51. The first-order chi connectivity index (χ1) is 13.2. The summed E-state index contributed by atoms with van der Waals surface area (Å²) in [6, 6.07) is 0.262. The van der Waals surface area contributed by atoms with Gasteiger partial charge in [0.15, 0.2) is 0 Å². The van der Waals surface area contributed by atoms with Crippen molar-refractivity contribution in [2.75, 3.05) is 26.7 Å². The number of aryl methyl sites for hydroxylation is 1. The number of halogens is 2. The Morgan fingerprint density at radius 1 is 1.29 bits per heavy atom. The lowest BCUT2D eigenvalue weighted by Crippen LogP contribution is -2.64. The number of nitrogens with zero attached hydrogens (tertiary/aromatic N) is 5. The molecule has 3 aliphatic rings. The molecule has 3 heterocycles. The van der Waals surface area contributed by atoms with Gasteiger partial charge in [-0.1, -0.05) is 0 Å². The number of likely N-dealkylation sites (tertiary alicyclic amines) is 2. The molecule has 1 aromatic rings. The van der Waals surface area contributed by atoms with Gasteiger partial charge in [-0.25, -0.2) is 0 Å². The van der Waals surface area contributed by atoms with Crippen molar-refractivity contribution in [3.63, 3.8) is 0 Å². The molecule has 2 unspecified atom stereocenters. The molecule has 1 amide bonds. The summed E-state index contributed by atoms with van der Waals surface area (Å²) in [5, 5.41) is 11.3. The third-order valence-electron chi connectivity index (χ3n) is 6.66. The molecule has 9 heteroatoms. The molecule has 0 radical (unpaired) electrons. The molecule has 156 valence electrons. The van der Waals surface area contributed by atoms with E-state index in [1.165, 1.54) is 12.8 Å². The molecule has 1 N–H and O–H groups in total. The predicted molar refractivity (Wildman–Crippen MR) is 100 cm³/mol. The Bertz CT molecular complexity index is 743. The van der Waals surface area contributed by atoms with E-state index in [0.717, 1.165) is 44.1 Å². The minimum atomic E-state index is -3.35. The summed E-state index contributed by atoms with van der Waals surface area (Å²) in [4.78, 5) is 16.5. The van der Waals surface area contributed by atoms with Crippen LogP contribution < -0.4 is 5.32 Å². The van der Waals surface area contributed by atoms with Gasteiger partial charge >= 0.3 is 5.92 Å². The van der Waals surface area contributed by atoms with Crippen LogP contribution in [0.1, 0.15) is 56.7 Å². The Labute approximate surface area is 164 Å². The van der Waals surface area contributed by atoms with E-state index < -0.39 is 11.8 Å². The van der Waals surface area contributed by atoms with Crippen LogP contribution in [0.15, 0.2) is 0 Å². The number of nitrogens with one attached hydrogen (secondary N) is 1. The summed E-state index contributed by atoms with van der Waals surface area (Å²) in [5.74, 6) is -2.58. The Balaban J connectivity index is 1.50. The van der Waals surface area contributed by atoms with Crippen molar-refractivity contribution in [3.05, 3.63) is 11.6 Å². The third-order valence-corrected chi connectivity index (χ3v) is 6.66. The summed E-state index contributed by atoms with van der Waals surface area (Å²) in [6.45, 7) is 5.84. The highest BCUT2D eigenvalue weighted by molar-refractivity contribution is 5.83. The monoisotopic (exact) mass is 396 g/mol. The van der Waals surface area contributed by atoms with Gasteiger partial charge in [-0.3, -0.25) is 14.6 Å². The van der Waals surface area contributed by atoms with Crippen molar-refractivity contribution < 1.29 is 13.6 Å². The van der Waals surface area contributed by atoms with E-state index in [2.05, 4.69) is 29.9 Å². The first-order valence-corrected chi connectivity index (χ1v) is 10.2. The predicted octanol–water partition coefficient (Wildman–Crippen LogP) is 1.73. The Hall–Kier alpha value is -1.61. The Morgan fingerprint density at radius 2 is 2.04 bits per heavy atom. The number of hydrogen-bond donors (Lipinski definition) is 1. The maximum Gasteiger partial charge on any atom is 0.321 e. The Morgan fingerprint density at radius 3 is 2.71 bits per heavy atom. The normalized spacial score (nSPS) is 29.5. The zero-order chi connectivity index (χ0) is 20.1. The second kappa shape index (κ2) is 7.02. The number of hydrogen-bond acceptors (Lipinski definition) is 5. The zero-order valence-electron chi connectivity index (χ0n) is 16.9. The fourth-order valence-corrected chi connectivity index (χ4v) is 4.99. The van der Waals surface area contributed by atoms with Gasteiger partial charge in [-0.05, 0) is 52.6 Å². The molecule has 2 atom stereocenters. The molecule has 1 saturated carbocycles. The van der Waals surface area contributed by atoms with E-state index in [4.69, 9.17) is 0 Å². The van der Waals surface area contributed by atoms with Gasteiger partial charge < -0.3 is 9.88 Å². The van der Waals surface area contributed by atoms with Gasteiger partial charge in [0.2, 0.25) is 0 Å². The molecule has 1 aliphatic carbocycles. The largest absolute Gasteiger partial charge is 0.346 e. The van der Waals surface area contributed by atoms with Crippen LogP contribution in [0.5, 0.6) is 0 Å². The Kier molecular flexibility index (Phi) is 4.94. The lowest BCUT2D eigenvalue weighted by Gasteiger charge is -2.48. The third kappa shape index (κ3) is 3.54. The molecule has 7 nitrogen and oxygen atoms in total. The topological polar surface area (TPSA) is 66.3 Å². The smallest absolute Gasteiger partial charge is 0.321 e. The molecule has 4 rings (SSSR count). The summed E-state index contributed by atoms with van der Waals surface area (Å²) >= 11 is 0. The fourth-order valence-electron chi connectivity index (χ4n) is 4.99. The summed E-state index contributed by atoms with van der Waals surface area (Å²) < 4.78 is 29.2. The van der Waals surface area contributed by atoms with Crippen molar-refractivity contribution in [2.45, 2.75) is 76.0 Å². The van der Waals surface area contributed by atoms with Crippen LogP contribution in [0, 0.1) is 6.92 Å². The van der Waals surface area contributed by atoms with E-state index >= 15 is 0 Å². The molecular formula is C19H30F2N6O. The minimum absolute atomic E-state index is 0.262. The number of piperidine rings is 1. The van der Waals surface area contributed by atoms with Crippen molar-refractivity contribution >= 4 is 5.91 Å². The second-order valence-electron chi connectivity index (χ2n) is 8.81. The van der Waals surface area contributed by atoms with E-state index in [-0.39, 0.29) is 11.6 Å². The average molecular weight is 396 g/mol. The lowest BCUT2D eigenvalue weighted by atomic mass is 9.82. The van der Waals surface area contributed by atoms with Crippen LogP contribution in [0.25, 0.3) is 0 Å². The van der Waals surface area contributed by atoms with Crippen molar-refractivity contribution in [1.82, 2.24) is 29.9 Å². The first kappa shape index (κ1) is 19.7. The number of alkyl halides is 2. The summed E-state index contributed by atoms with van der Waals surface area (Å²) in [6.07, 6.45) is 4.92. The SMILES string of the molecule is Cc1nnc(CN2CCCC3(C2)C(NC(=O)C(C)(F)F)CCN3C)n1C1CC1. The van der Waals surface area contributed by atoms with Gasteiger partial charge in [0.1, 0.15) is 11.6 Å². The van der Waals surface area contributed by atoms with Gasteiger partial charge in [0, 0.05) is 32.1 Å². The standard InChI is InChI=1S/C19H30F2N6O/c1-13-23-24-16(27(13)14-5-6-14)11-26-9-4-8-19(12-26)15(7-10-25(19)3)22-17(28)18(2,20)21/h14-15H,4-12H2,1-3H3,(H,22,28). The van der Waals surface area contributed by atoms with Crippen LogP contribution >= 0.6 is 0 Å². The van der Waals surface area contributed by atoms with E-state index in [9.17, 15) is 13.6 Å². The minimum Gasteiger partial charge on any atom is -0.346 e. The number of rotatable bonds is 5. The number of aromatic nitrogens is 3. The van der Waals surface area contributed by atoms with Crippen molar-refractivity contribution in [3.8, 4) is 0 Å². The maximum absolute atomic E-state index is 13.5. The summed E-state index contributed by atoms with van der Waals surface area (Å²) in [5.41, 5.74) is -0.307. The summed E-state index contributed by atoms with van der Waals surface area (Å²) in [7, 11) is 2.04. The highest BCUT2D eigenvalue weighted by atomic mass is 19.3. The van der Waals surface area contributed by atoms with Crippen molar-refractivity contribution in [2.24, 2.45) is 0 Å². The van der Waals surface area contributed by atoms with Crippen LogP contribution in [0.2, 0.25) is 0 Å². The van der Waals surface area contributed by atoms with E-state index in [0.29, 0.717) is 25.9 Å². The molecule has 3 fully saturated rings. The van der Waals surface area contributed by atoms with E-state index in [1.54, 1.807) is 0 Å². The van der Waals surface area contributed by atoms with Gasteiger partial charge in [0.25, 0.3) is 5.91 Å². The number of likely N-dealkylation sites (N-methyl/N-ethyl adjacent to an activating group) is 1. The average Bonchev–Trinajstić information content (AvgIpc) is 3.35. The van der Waals surface area contributed by atoms with Gasteiger partial charge in [-0.15, -0.1) is 10.2 Å². The molecule has 0 aromatic carbocycles. The molecule has 2 saturated heterocycles. The van der Waals surface area contributed by atoms with Crippen LogP contribution in [0.4, 0.5) is 8.78 Å². The van der Waals surface area contributed by atoms with E-state index in [1.807, 2.05) is 14.0 Å². The lowest BCUT2D eigenvalue weighted by molar-refractivity contribution is -0.144. The van der Waals surface area contributed by atoms with Crippen LogP contribution in [0.3, 0.4) is 0 Å². The fraction of sp³-hybridized carbons (Fsp3) is 0.842. The first-order valence-electron chi connectivity index (χ1n) is 10.2. The second-order valence-corrected chi connectivity index (χ2v) is 8.81. The highest BCUT2D eigenvalue weighted by Crippen LogP contribution is 2.39. The quantitative estimate of drug-likeness (QED) is 0.821. The van der Waals surface area contributed by atoms with Gasteiger partial charge in [0.05, 0.1) is 12.1 Å². The molecule has 1 aromatic heterocycles. The molecule has 28 heavy (non-hydrogen) atoms. The zero-order valence-corrected chi connectivity index (χ0v) is 16.9. The maximum atomic E-state index is 13.5. The molecular weight excluding hydrogens is 366 g/mol. The molecule has 2 aliphatic heterocycles. The number of carbonyl (C=O) groups excluding carboxylic acids is 1. The number of amides is 1.